The van der Waals surface area contributed by atoms with E-state index in [-0.39, 0.29) is 0 Å². The van der Waals surface area contributed by atoms with Gasteiger partial charge in [-0.3, -0.25) is 0 Å². The van der Waals surface area contributed by atoms with Gasteiger partial charge in [0.05, 0.1) is 17.0 Å². The van der Waals surface area contributed by atoms with Gasteiger partial charge in [-0.1, -0.05) is 18.5 Å². The molecule has 118 valence electrons. The molecule has 1 N–H and O–H groups in total. The second-order valence-corrected chi connectivity index (χ2v) is 7.42. The lowest BCUT2D eigenvalue weighted by Crippen LogP contribution is -2.48. The lowest BCUT2D eigenvalue weighted by atomic mass is 10.3. The van der Waals surface area contributed by atoms with E-state index in [1.54, 1.807) is 0 Å². The molecule has 8 heteroatoms. The van der Waals surface area contributed by atoms with E-state index < -0.39 is 10.0 Å². The number of rotatable bonds is 5. The number of nitrogens with one attached hydrogen (secondary N) is 1. The first-order valence-electron chi connectivity index (χ1n) is 6.98. The lowest BCUT2D eigenvalue weighted by Gasteiger charge is -2.34. The third-order valence-corrected chi connectivity index (χ3v) is 5.13. The molecule has 0 saturated carbocycles. The zero-order chi connectivity index (χ0) is 15.5. The van der Waals surface area contributed by atoms with Crippen molar-refractivity contribution in [3.63, 3.8) is 0 Å². The van der Waals surface area contributed by atoms with Gasteiger partial charge in [0.2, 0.25) is 10.0 Å². The van der Waals surface area contributed by atoms with Crippen molar-refractivity contribution in [2.45, 2.75) is 13.5 Å². The zero-order valence-corrected chi connectivity index (χ0v) is 13.9. The molecule has 1 fully saturated rings. The standard InChI is InChI=1S/C13H21ClN4O2S/c1-3-15-10-12-11(14)4-5-13(16-12)17-6-8-18(9-7-17)21(2,19)20/h4-5,15H,3,6-10H2,1-2H3. The second-order valence-electron chi connectivity index (χ2n) is 5.03. The van der Waals surface area contributed by atoms with Crippen LogP contribution in [0.15, 0.2) is 12.1 Å². The summed E-state index contributed by atoms with van der Waals surface area (Å²) in [7, 11) is -3.10. The summed E-state index contributed by atoms with van der Waals surface area (Å²) in [5.74, 6) is 0.848. The van der Waals surface area contributed by atoms with Gasteiger partial charge in [0, 0.05) is 32.7 Å². The van der Waals surface area contributed by atoms with E-state index in [9.17, 15) is 8.42 Å². The van der Waals surface area contributed by atoms with Crippen LogP contribution in [0, 0.1) is 0 Å². The number of sulfonamides is 1. The van der Waals surface area contributed by atoms with E-state index >= 15 is 0 Å². The van der Waals surface area contributed by atoms with Crippen molar-refractivity contribution in [2.75, 3.05) is 43.9 Å². The summed E-state index contributed by atoms with van der Waals surface area (Å²) in [5.41, 5.74) is 0.821. The van der Waals surface area contributed by atoms with Crippen molar-refractivity contribution < 1.29 is 8.42 Å². The summed E-state index contributed by atoms with van der Waals surface area (Å²) in [6.45, 7) is 5.78. The Hall–Kier alpha value is -0.890. The predicted octanol–water partition coefficient (Wildman–Crippen LogP) is 0.926. The molecule has 0 spiro atoms. The summed E-state index contributed by atoms with van der Waals surface area (Å²) in [5, 5.41) is 3.86. The average Bonchev–Trinajstić information content (AvgIpc) is 2.46. The number of aromatic nitrogens is 1. The molecule has 1 aliphatic rings. The third kappa shape index (κ3) is 4.29. The topological polar surface area (TPSA) is 65.5 Å². The third-order valence-electron chi connectivity index (χ3n) is 3.48. The number of hydrogen-bond donors (Lipinski definition) is 1. The highest BCUT2D eigenvalue weighted by Gasteiger charge is 2.24. The Kier molecular flexibility index (Phi) is 5.43. The van der Waals surface area contributed by atoms with Crippen LogP contribution in [0.5, 0.6) is 0 Å². The van der Waals surface area contributed by atoms with E-state index in [2.05, 4.69) is 15.2 Å². The molecule has 2 rings (SSSR count). The Morgan fingerprint density at radius 1 is 1.29 bits per heavy atom. The summed E-state index contributed by atoms with van der Waals surface area (Å²) in [6, 6.07) is 3.73. The van der Waals surface area contributed by atoms with Crippen LogP contribution in [-0.2, 0) is 16.6 Å². The summed E-state index contributed by atoms with van der Waals surface area (Å²) < 4.78 is 24.5. The molecule has 21 heavy (non-hydrogen) atoms. The normalized spacial score (nSPS) is 17.2. The first kappa shape index (κ1) is 16.5. The Balaban J connectivity index is 2.06. The monoisotopic (exact) mass is 332 g/mol. The van der Waals surface area contributed by atoms with Crippen LogP contribution in [0.25, 0.3) is 0 Å². The number of piperazine rings is 1. The minimum absolute atomic E-state index is 0.492. The van der Waals surface area contributed by atoms with Crippen molar-refractivity contribution in [2.24, 2.45) is 0 Å². The van der Waals surface area contributed by atoms with E-state index in [0.29, 0.717) is 37.7 Å². The van der Waals surface area contributed by atoms with Gasteiger partial charge in [0.15, 0.2) is 0 Å². The molecular formula is C13H21ClN4O2S. The minimum atomic E-state index is -3.10. The Morgan fingerprint density at radius 2 is 1.95 bits per heavy atom. The minimum Gasteiger partial charge on any atom is -0.354 e. The van der Waals surface area contributed by atoms with Gasteiger partial charge < -0.3 is 10.2 Å². The summed E-state index contributed by atoms with van der Waals surface area (Å²) in [4.78, 5) is 6.67. The van der Waals surface area contributed by atoms with Crippen molar-refractivity contribution in [3.8, 4) is 0 Å². The van der Waals surface area contributed by atoms with E-state index in [0.717, 1.165) is 18.1 Å². The Labute approximate surface area is 131 Å². The molecule has 0 atom stereocenters. The molecule has 0 bridgehead atoms. The molecule has 0 unspecified atom stereocenters. The van der Waals surface area contributed by atoms with Gasteiger partial charge in [-0.2, -0.15) is 4.31 Å². The largest absolute Gasteiger partial charge is 0.354 e. The van der Waals surface area contributed by atoms with Crippen LogP contribution in [0.3, 0.4) is 0 Å². The van der Waals surface area contributed by atoms with Crippen molar-refractivity contribution >= 4 is 27.4 Å². The second kappa shape index (κ2) is 6.91. The molecule has 0 aromatic carbocycles. The first-order valence-corrected chi connectivity index (χ1v) is 9.20. The molecule has 6 nitrogen and oxygen atoms in total. The highest BCUT2D eigenvalue weighted by atomic mass is 35.5. The van der Waals surface area contributed by atoms with Crippen LogP contribution < -0.4 is 10.2 Å². The lowest BCUT2D eigenvalue weighted by molar-refractivity contribution is 0.387. The highest BCUT2D eigenvalue weighted by Crippen LogP contribution is 2.21. The van der Waals surface area contributed by atoms with Crippen LogP contribution >= 0.6 is 11.6 Å². The van der Waals surface area contributed by atoms with Gasteiger partial charge >= 0.3 is 0 Å². The fourth-order valence-corrected chi connectivity index (χ4v) is 3.26. The number of anilines is 1. The van der Waals surface area contributed by atoms with E-state index in [1.807, 2.05) is 19.1 Å². The molecule has 1 saturated heterocycles. The van der Waals surface area contributed by atoms with Crippen molar-refractivity contribution in [1.82, 2.24) is 14.6 Å². The number of pyridine rings is 1. The summed E-state index contributed by atoms with van der Waals surface area (Å²) in [6.07, 6.45) is 1.25. The highest BCUT2D eigenvalue weighted by molar-refractivity contribution is 7.88. The first-order chi connectivity index (χ1) is 9.91. The average molecular weight is 333 g/mol. The van der Waals surface area contributed by atoms with Gasteiger partial charge in [-0.15, -0.1) is 0 Å². The van der Waals surface area contributed by atoms with Crippen LogP contribution in [-0.4, -0.2) is 56.7 Å². The molecule has 1 aromatic rings. The predicted molar refractivity (Wildman–Crippen MR) is 85.3 cm³/mol. The fraction of sp³-hybridized carbons (Fsp3) is 0.615. The Morgan fingerprint density at radius 3 is 2.52 bits per heavy atom. The van der Waals surface area contributed by atoms with Crippen LogP contribution in [0.4, 0.5) is 5.82 Å². The number of hydrogen-bond acceptors (Lipinski definition) is 5. The van der Waals surface area contributed by atoms with Crippen molar-refractivity contribution in [3.05, 3.63) is 22.8 Å². The molecule has 1 aromatic heterocycles. The molecule has 0 amide bonds. The van der Waals surface area contributed by atoms with Gasteiger partial charge in [0.1, 0.15) is 5.82 Å². The smallest absolute Gasteiger partial charge is 0.211 e. The zero-order valence-electron chi connectivity index (χ0n) is 12.3. The maximum atomic E-state index is 11.5. The molecule has 1 aliphatic heterocycles. The van der Waals surface area contributed by atoms with E-state index in [4.69, 9.17) is 11.6 Å². The SMILES string of the molecule is CCNCc1nc(N2CCN(S(C)(=O)=O)CC2)ccc1Cl. The summed E-state index contributed by atoms with van der Waals surface area (Å²) >= 11 is 6.15. The van der Waals surface area contributed by atoms with Gasteiger partial charge in [-0.05, 0) is 18.7 Å². The molecular weight excluding hydrogens is 312 g/mol. The maximum absolute atomic E-state index is 11.5. The molecule has 0 aliphatic carbocycles. The quantitative estimate of drug-likeness (QED) is 0.869. The maximum Gasteiger partial charge on any atom is 0.211 e. The molecule has 0 radical (unpaired) electrons. The van der Waals surface area contributed by atoms with Crippen LogP contribution in [0.1, 0.15) is 12.6 Å². The fourth-order valence-electron chi connectivity index (χ4n) is 2.27. The molecule has 2 heterocycles. The van der Waals surface area contributed by atoms with Gasteiger partial charge in [-0.25, -0.2) is 13.4 Å². The van der Waals surface area contributed by atoms with Crippen molar-refractivity contribution in [1.29, 1.82) is 0 Å². The Bertz CT molecular complexity index is 586. The van der Waals surface area contributed by atoms with Gasteiger partial charge in [0.25, 0.3) is 0 Å². The van der Waals surface area contributed by atoms with E-state index in [1.165, 1.54) is 10.6 Å². The number of halogens is 1. The van der Waals surface area contributed by atoms with Crippen LogP contribution in [0.2, 0.25) is 5.02 Å². The number of nitrogens with zero attached hydrogens (tertiary/aromatic N) is 3.